The molecule has 1 unspecified atom stereocenters. The summed E-state index contributed by atoms with van der Waals surface area (Å²) in [5.74, 6) is 0.610. The number of hydrogen-bond acceptors (Lipinski definition) is 7. The van der Waals surface area contributed by atoms with Crippen LogP contribution >= 0.6 is 0 Å². The fourth-order valence-electron chi connectivity index (χ4n) is 1.57. The van der Waals surface area contributed by atoms with Crippen molar-refractivity contribution in [2.24, 2.45) is 5.92 Å². The van der Waals surface area contributed by atoms with Gasteiger partial charge in [0.05, 0.1) is 79.3 Å². The first-order valence-corrected chi connectivity index (χ1v) is 8.88. The van der Waals surface area contributed by atoms with Gasteiger partial charge in [0.15, 0.2) is 0 Å². The first-order chi connectivity index (χ1) is 11.8. The maximum atomic E-state index is 8.51. The van der Waals surface area contributed by atoms with Gasteiger partial charge in [0, 0.05) is 6.61 Å². The Morgan fingerprint density at radius 3 is 1.25 bits per heavy atom. The van der Waals surface area contributed by atoms with Crippen LogP contribution in [0.1, 0.15) is 20.3 Å². The number of aliphatic hydroxyl groups excluding tert-OH is 1. The monoisotopic (exact) mass is 352 g/mol. The van der Waals surface area contributed by atoms with Crippen molar-refractivity contribution in [3.63, 3.8) is 0 Å². The molecule has 0 fully saturated rings. The third-order valence-corrected chi connectivity index (χ3v) is 3.19. The van der Waals surface area contributed by atoms with E-state index in [0.717, 1.165) is 13.0 Å². The van der Waals surface area contributed by atoms with Gasteiger partial charge >= 0.3 is 0 Å². The third kappa shape index (κ3) is 19.8. The van der Waals surface area contributed by atoms with Crippen molar-refractivity contribution in [1.29, 1.82) is 0 Å². The fourth-order valence-corrected chi connectivity index (χ4v) is 1.57. The van der Waals surface area contributed by atoms with Crippen LogP contribution in [0, 0.1) is 5.92 Å². The van der Waals surface area contributed by atoms with E-state index >= 15 is 0 Å². The molecule has 7 heteroatoms. The molecule has 1 N–H and O–H groups in total. The van der Waals surface area contributed by atoms with E-state index in [-0.39, 0.29) is 6.61 Å². The Morgan fingerprint density at radius 2 is 0.917 bits per heavy atom. The largest absolute Gasteiger partial charge is 0.394 e. The van der Waals surface area contributed by atoms with Gasteiger partial charge in [-0.3, -0.25) is 0 Å². The van der Waals surface area contributed by atoms with Crippen molar-refractivity contribution >= 4 is 0 Å². The van der Waals surface area contributed by atoms with Gasteiger partial charge in [0.1, 0.15) is 0 Å². The molecular weight excluding hydrogens is 316 g/mol. The van der Waals surface area contributed by atoms with E-state index in [1.54, 1.807) is 0 Å². The van der Waals surface area contributed by atoms with Gasteiger partial charge < -0.3 is 33.5 Å². The molecule has 0 aliphatic carbocycles. The van der Waals surface area contributed by atoms with Gasteiger partial charge in [0.2, 0.25) is 0 Å². The van der Waals surface area contributed by atoms with Crippen LogP contribution in [0.2, 0.25) is 0 Å². The molecule has 0 saturated carbocycles. The smallest absolute Gasteiger partial charge is 0.0701 e. The van der Waals surface area contributed by atoms with Crippen LogP contribution in [0.5, 0.6) is 0 Å². The first kappa shape index (κ1) is 23.7. The molecule has 0 aromatic carbocycles. The van der Waals surface area contributed by atoms with Gasteiger partial charge in [-0.05, 0) is 5.92 Å². The van der Waals surface area contributed by atoms with Crippen molar-refractivity contribution in [2.75, 3.05) is 85.9 Å². The second kappa shape index (κ2) is 20.8. The highest BCUT2D eigenvalue weighted by atomic mass is 16.6. The molecule has 0 bridgehead atoms. The Bertz CT molecular complexity index is 229. The van der Waals surface area contributed by atoms with Crippen LogP contribution in [0.4, 0.5) is 0 Å². The molecule has 0 radical (unpaired) electrons. The number of hydrogen-bond donors (Lipinski definition) is 1. The highest BCUT2D eigenvalue weighted by molar-refractivity contribution is 4.45. The summed E-state index contributed by atoms with van der Waals surface area (Å²) in [6.45, 7) is 11.1. The molecule has 0 amide bonds. The van der Waals surface area contributed by atoms with Gasteiger partial charge in [-0.2, -0.15) is 0 Å². The summed E-state index contributed by atoms with van der Waals surface area (Å²) >= 11 is 0. The zero-order valence-corrected chi connectivity index (χ0v) is 15.4. The fraction of sp³-hybridized carbons (Fsp3) is 1.00. The van der Waals surface area contributed by atoms with Crippen LogP contribution in [0.15, 0.2) is 0 Å². The molecule has 0 heterocycles. The maximum Gasteiger partial charge on any atom is 0.0701 e. The predicted octanol–water partition coefficient (Wildman–Crippen LogP) is 1.12. The number of aliphatic hydroxyl groups is 1. The summed E-state index contributed by atoms with van der Waals surface area (Å²) in [4.78, 5) is 0. The van der Waals surface area contributed by atoms with Crippen LogP contribution in [0.3, 0.4) is 0 Å². The van der Waals surface area contributed by atoms with Gasteiger partial charge in [0.25, 0.3) is 0 Å². The van der Waals surface area contributed by atoms with E-state index in [1.165, 1.54) is 0 Å². The third-order valence-electron chi connectivity index (χ3n) is 3.19. The number of ether oxygens (including phenoxy) is 6. The van der Waals surface area contributed by atoms with Crippen LogP contribution in [-0.4, -0.2) is 91.0 Å². The second-order valence-corrected chi connectivity index (χ2v) is 5.37. The molecular formula is C17H36O7. The quantitative estimate of drug-likeness (QED) is 0.329. The Labute approximate surface area is 146 Å². The van der Waals surface area contributed by atoms with Gasteiger partial charge in [-0.15, -0.1) is 0 Å². The lowest BCUT2D eigenvalue weighted by Crippen LogP contribution is -2.14. The van der Waals surface area contributed by atoms with Crippen molar-refractivity contribution < 1.29 is 33.5 Å². The molecule has 0 aliphatic heterocycles. The summed E-state index contributed by atoms with van der Waals surface area (Å²) < 4.78 is 32.0. The Kier molecular flexibility index (Phi) is 20.5. The topological polar surface area (TPSA) is 75.6 Å². The zero-order chi connectivity index (χ0) is 17.7. The molecule has 7 nitrogen and oxygen atoms in total. The molecule has 0 saturated heterocycles. The van der Waals surface area contributed by atoms with E-state index in [0.29, 0.717) is 78.6 Å². The van der Waals surface area contributed by atoms with Crippen LogP contribution in [-0.2, 0) is 28.4 Å². The van der Waals surface area contributed by atoms with Crippen molar-refractivity contribution in [3.05, 3.63) is 0 Å². The molecule has 0 aromatic heterocycles. The Balaban J connectivity index is 2.98. The van der Waals surface area contributed by atoms with E-state index in [4.69, 9.17) is 33.5 Å². The lowest BCUT2D eigenvalue weighted by molar-refractivity contribution is -0.0194. The summed E-state index contributed by atoms with van der Waals surface area (Å²) in [5, 5.41) is 8.51. The number of rotatable bonds is 20. The molecule has 146 valence electrons. The average Bonchev–Trinajstić information content (AvgIpc) is 2.60. The van der Waals surface area contributed by atoms with Gasteiger partial charge in [-0.25, -0.2) is 0 Å². The summed E-state index contributed by atoms with van der Waals surface area (Å²) in [6.07, 6.45) is 1.14. The van der Waals surface area contributed by atoms with Crippen LogP contribution < -0.4 is 0 Å². The molecule has 1 atom stereocenters. The van der Waals surface area contributed by atoms with Crippen molar-refractivity contribution in [3.8, 4) is 0 Å². The Morgan fingerprint density at radius 1 is 0.583 bits per heavy atom. The Hall–Kier alpha value is -0.280. The molecule has 0 rings (SSSR count). The normalized spacial score (nSPS) is 12.6. The summed E-state index contributed by atoms with van der Waals surface area (Å²) in [5.41, 5.74) is 0. The minimum Gasteiger partial charge on any atom is -0.394 e. The van der Waals surface area contributed by atoms with E-state index in [1.807, 2.05) is 0 Å². The minimum absolute atomic E-state index is 0.0418. The van der Waals surface area contributed by atoms with Crippen molar-refractivity contribution in [1.82, 2.24) is 0 Å². The molecule has 24 heavy (non-hydrogen) atoms. The summed E-state index contributed by atoms with van der Waals surface area (Å²) in [7, 11) is 0. The SMILES string of the molecule is CCC(C)COCCOCCOCCOCCOCCOCCO. The predicted molar refractivity (Wildman–Crippen MR) is 91.5 cm³/mol. The maximum absolute atomic E-state index is 8.51. The first-order valence-electron chi connectivity index (χ1n) is 8.88. The second-order valence-electron chi connectivity index (χ2n) is 5.37. The lowest BCUT2D eigenvalue weighted by atomic mass is 10.1. The highest BCUT2D eigenvalue weighted by Crippen LogP contribution is 1.99. The van der Waals surface area contributed by atoms with Crippen molar-refractivity contribution in [2.45, 2.75) is 20.3 Å². The molecule has 0 aromatic rings. The van der Waals surface area contributed by atoms with E-state index < -0.39 is 0 Å². The van der Waals surface area contributed by atoms with Crippen LogP contribution in [0.25, 0.3) is 0 Å². The standard InChI is InChI=1S/C17H36O7/c1-3-17(2)16-24-15-14-23-13-12-22-11-10-21-9-8-20-7-6-19-5-4-18/h17-18H,3-16H2,1-2H3. The molecule has 0 spiro atoms. The lowest BCUT2D eigenvalue weighted by Gasteiger charge is -2.10. The average molecular weight is 352 g/mol. The summed E-state index contributed by atoms with van der Waals surface area (Å²) in [6, 6.07) is 0. The highest BCUT2D eigenvalue weighted by Gasteiger charge is 1.98. The molecule has 0 aliphatic rings. The zero-order valence-electron chi connectivity index (χ0n) is 15.4. The minimum atomic E-state index is 0.0418. The van der Waals surface area contributed by atoms with E-state index in [9.17, 15) is 0 Å². The van der Waals surface area contributed by atoms with Gasteiger partial charge in [-0.1, -0.05) is 20.3 Å². The van der Waals surface area contributed by atoms with E-state index in [2.05, 4.69) is 13.8 Å².